The van der Waals surface area contributed by atoms with Crippen molar-refractivity contribution < 1.29 is 13.2 Å². The number of nitrogens with one attached hydrogen (secondary N) is 1. The molecule has 0 bridgehead atoms. The molecule has 8 heteroatoms. The Kier molecular flexibility index (Phi) is 4.90. The molecule has 1 N–H and O–H groups in total. The second-order valence-corrected chi connectivity index (χ2v) is 7.13. The highest BCUT2D eigenvalue weighted by atomic mass is 19.4. The second kappa shape index (κ2) is 7.43. The molecule has 0 spiro atoms. The van der Waals surface area contributed by atoms with Crippen LogP contribution in [-0.4, -0.2) is 14.6 Å². The molecule has 0 saturated carbocycles. The molecule has 0 unspecified atom stereocenters. The van der Waals surface area contributed by atoms with Crippen molar-refractivity contribution in [3.63, 3.8) is 0 Å². The van der Waals surface area contributed by atoms with Crippen LogP contribution in [0.25, 0.3) is 28.0 Å². The summed E-state index contributed by atoms with van der Waals surface area (Å²) in [6, 6.07) is 13.7. The maximum Gasteiger partial charge on any atom is 0.416 e. The predicted molar refractivity (Wildman–Crippen MR) is 111 cm³/mol. The van der Waals surface area contributed by atoms with E-state index >= 15 is 0 Å². The maximum absolute atomic E-state index is 13.0. The molecule has 156 valence electrons. The first-order valence-corrected chi connectivity index (χ1v) is 9.57. The third-order valence-electron chi connectivity index (χ3n) is 5.23. The van der Waals surface area contributed by atoms with E-state index in [0.717, 1.165) is 23.3 Å². The lowest BCUT2D eigenvalue weighted by molar-refractivity contribution is -0.137. The fourth-order valence-electron chi connectivity index (χ4n) is 3.58. The van der Waals surface area contributed by atoms with Gasteiger partial charge in [0, 0.05) is 11.1 Å². The van der Waals surface area contributed by atoms with Gasteiger partial charge >= 0.3 is 6.18 Å². The topological polar surface area (TPSA) is 74.0 Å². The number of benzene rings is 2. The minimum absolute atomic E-state index is 0.349. The first-order chi connectivity index (χ1) is 14.7. The van der Waals surface area contributed by atoms with Crippen molar-refractivity contribution in [2.45, 2.75) is 26.4 Å². The molecule has 2 aromatic carbocycles. The van der Waals surface area contributed by atoms with Crippen LogP contribution in [0.3, 0.4) is 0 Å². The Hall–Kier alpha value is -3.86. The largest absolute Gasteiger partial charge is 0.416 e. The molecule has 2 heterocycles. The number of aromatic nitrogens is 3. The zero-order valence-corrected chi connectivity index (χ0v) is 16.7. The molecule has 2 aromatic heterocycles. The average molecular weight is 422 g/mol. The van der Waals surface area contributed by atoms with Crippen molar-refractivity contribution in [2.75, 3.05) is 0 Å². The molecule has 0 fully saturated rings. The molecule has 0 saturated heterocycles. The lowest BCUT2D eigenvalue weighted by Gasteiger charge is -2.11. The van der Waals surface area contributed by atoms with E-state index in [1.807, 2.05) is 6.92 Å². The number of nitriles is 1. The summed E-state index contributed by atoms with van der Waals surface area (Å²) >= 11 is 0. The maximum atomic E-state index is 13.0. The highest BCUT2D eigenvalue weighted by Gasteiger charge is 2.30. The Balaban J connectivity index is 1.96. The van der Waals surface area contributed by atoms with Gasteiger partial charge in [0.1, 0.15) is 5.65 Å². The fraction of sp³-hybridized carbons (Fsp3) is 0.174. The van der Waals surface area contributed by atoms with Gasteiger partial charge in [-0.1, -0.05) is 31.2 Å². The number of aryl methyl sites for hydroxylation is 1. The molecule has 5 nitrogen and oxygen atoms in total. The van der Waals surface area contributed by atoms with E-state index in [2.05, 4.69) is 16.2 Å². The van der Waals surface area contributed by atoms with E-state index in [9.17, 15) is 18.0 Å². The number of fused-ring (bicyclic) bond motifs is 1. The predicted octanol–water partition coefficient (Wildman–Crippen LogP) is 5.12. The van der Waals surface area contributed by atoms with Gasteiger partial charge in [-0.15, -0.1) is 0 Å². The number of hydrogen-bond acceptors (Lipinski definition) is 3. The van der Waals surface area contributed by atoms with Gasteiger partial charge in [0.05, 0.1) is 28.6 Å². The van der Waals surface area contributed by atoms with Gasteiger partial charge in [-0.25, -0.2) is 0 Å². The molecule has 0 radical (unpaired) electrons. The number of rotatable bonds is 3. The van der Waals surface area contributed by atoms with E-state index in [0.29, 0.717) is 40.1 Å². The minimum Gasteiger partial charge on any atom is -0.339 e. The molecule has 0 aliphatic heterocycles. The van der Waals surface area contributed by atoms with E-state index in [-0.39, 0.29) is 5.56 Å². The number of aromatic amines is 1. The van der Waals surface area contributed by atoms with E-state index in [1.54, 1.807) is 31.2 Å². The molecular formula is C23H17F3N4O. The molecule has 4 rings (SSSR count). The van der Waals surface area contributed by atoms with Gasteiger partial charge in [0.25, 0.3) is 5.56 Å². The van der Waals surface area contributed by atoms with E-state index < -0.39 is 11.7 Å². The van der Waals surface area contributed by atoms with Crippen LogP contribution in [0.15, 0.2) is 53.3 Å². The van der Waals surface area contributed by atoms with Gasteiger partial charge in [0.2, 0.25) is 0 Å². The van der Waals surface area contributed by atoms with Crippen LogP contribution in [0.2, 0.25) is 0 Å². The van der Waals surface area contributed by atoms with Crippen LogP contribution < -0.4 is 5.56 Å². The van der Waals surface area contributed by atoms with Crippen molar-refractivity contribution in [3.8, 4) is 28.5 Å². The molecular weight excluding hydrogens is 405 g/mol. The fourth-order valence-corrected chi connectivity index (χ4v) is 3.58. The Morgan fingerprint density at radius 2 is 1.68 bits per heavy atom. The van der Waals surface area contributed by atoms with Crippen molar-refractivity contribution in [3.05, 3.63) is 81.3 Å². The number of alkyl halides is 3. The van der Waals surface area contributed by atoms with Crippen LogP contribution in [0, 0.1) is 18.3 Å². The summed E-state index contributed by atoms with van der Waals surface area (Å²) in [6.45, 7) is 3.53. The van der Waals surface area contributed by atoms with Crippen LogP contribution in [0.1, 0.15) is 29.3 Å². The third-order valence-corrected chi connectivity index (χ3v) is 5.23. The van der Waals surface area contributed by atoms with Crippen LogP contribution in [0.4, 0.5) is 13.2 Å². The summed E-state index contributed by atoms with van der Waals surface area (Å²) in [5.74, 6) is 0. The Labute approximate surface area is 175 Å². The highest BCUT2D eigenvalue weighted by molar-refractivity contribution is 5.82. The zero-order valence-electron chi connectivity index (χ0n) is 16.7. The first kappa shape index (κ1) is 20.4. The summed E-state index contributed by atoms with van der Waals surface area (Å²) in [6.07, 6.45) is -3.87. The van der Waals surface area contributed by atoms with Crippen LogP contribution in [0.5, 0.6) is 0 Å². The SMILES string of the molecule is CCc1nn2c(=O)c(C)c(-c3ccc(C(F)(F)F)cc3)[nH]c2c1-c1ccc(C#N)cc1. The normalized spacial score (nSPS) is 11.6. The van der Waals surface area contributed by atoms with Crippen molar-refractivity contribution in [2.24, 2.45) is 0 Å². The number of halogens is 3. The van der Waals surface area contributed by atoms with Gasteiger partial charge in [0.15, 0.2) is 0 Å². The standard InChI is InChI=1S/C23H17F3N4O/c1-3-18-19(15-6-4-14(12-27)5-7-15)21-28-20(13(2)22(31)30(21)29-18)16-8-10-17(11-9-16)23(24,25)26/h4-11,28H,3H2,1-2H3. The number of H-pyrrole nitrogens is 1. The number of hydrogen-bond donors (Lipinski definition) is 1. The van der Waals surface area contributed by atoms with Crippen LogP contribution >= 0.6 is 0 Å². The van der Waals surface area contributed by atoms with Crippen molar-refractivity contribution in [1.29, 1.82) is 5.26 Å². The lowest BCUT2D eigenvalue weighted by atomic mass is 10.0. The van der Waals surface area contributed by atoms with E-state index in [4.69, 9.17) is 5.26 Å². The summed E-state index contributed by atoms with van der Waals surface area (Å²) in [7, 11) is 0. The zero-order chi connectivity index (χ0) is 22.3. The summed E-state index contributed by atoms with van der Waals surface area (Å²) < 4.78 is 40.0. The monoisotopic (exact) mass is 422 g/mol. The third kappa shape index (κ3) is 3.48. The Bertz CT molecular complexity index is 1370. The lowest BCUT2D eigenvalue weighted by Crippen LogP contribution is -2.19. The molecule has 0 atom stereocenters. The molecule has 4 aromatic rings. The summed E-state index contributed by atoms with van der Waals surface area (Å²) in [4.78, 5) is 16.2. The van der Waals surface area contributed by atoms with Gasteiger partial charge in [-0.3, -0.25) is 4.79 Å². The molecule has 0 amide bonds. The smallest absolute Gasteiger partial charge is 0.339 e. The minimum atomic E-state index is -4.44. The van der Waals surface area contributed by atoms with Crippen molar-refractivity contribution >= 4 is 5.65 Å². The Morgan fingerprint density at radius 3 is 2.23 bits per heavy atom. The van der Waals surface area contributed by atoms with Crippen LogP contribution in [-0.2, 0) is 12.6 Å². The van der Waals surface area contributed by atoms with Gasteiger partial charge < -0.3 is 4.98 Å². The molecule has 0 aliphatic rings. The molecule has 31 heavy (non-hydrogen) atoms. The summed E-state index contributed by atoms with van der Waals surface area (Å²) in [5, 5.41) is 13.5. The average Bonchev–Trinajstić information content (AvgIpc) is 3.14. The second-order valence-electron chi connectivity index (χ2n) is 7.13. The van der Waals surface area contributed by atoms with Gasteiger partial charge in [-0.2, -0.15) is 28.0 Å². The highest BCUT2D eigenvalue weighted by Crippen LogP contribution is 2.32. The molecule has 0 aliphatic carbocycles. The van der Waals surface area contributed by atoms with Gasteiger partial charge in [-0.05, 0) is 48.7 Å². The summed E-state index contributed by atoms with van der Waals surface area (Å²) in [5.41, 5.74) is 3.30. The Morgan fingerprint density at radius 1 is 1.06 bits per heavy atom. The van der Waals surface area contributed by atoms with E-state index in [1.165, 1.54) is 16.6 Å². The van der Waals surface area contributed by atoms with Crippen molar-refractivity contribution in [1.82, 2.24) is 14.6 Å². The first-order valence-electron chi connectivity index (χ1n) is 9.57. The quantitative estimate of drug-likeness (QED) is 0.498. The number of nitrogens with zero attached hydrogens (tertiary/aromatic N) is 3.